The number of carbonyl (C=O) groups is 1. The maximum Gasteiger partial charge on any atom is 0.222 e. The lowest BCUT2D eigenvalue weighted by atomic mass is 9.96. The fourth-order valence-electron chi connectivity index (χ4n) is 3.74. The van der Waals surface area contributed by atoms with Gasteiger partial charge in [0.1, 0.15) is 5.76 Å². The zero-order chi connectivity index (χ0) is 18.0. The Morgan fingerprint density at radius 1 is 1.27 bits per heavy atom. The lowest BCUT2D eigenvalue weighted by molar-refractivity contribution is -0.127. The second kappa shape index (κ2) is 10.2. The van der Waals surface area contributed by atoms with E-state index < -0.39 is 0 Å². The van der Waals surface area contributed by atoms with Crippen molar-refractivity contribution in [2.75, 3.05) is 26.2 Å². The van der Waals surface area contributed by atoms with E-state index in [2.05, 4.69) is 10.6 Å². The van der Waals surface area contributed by atoms with Gasteiger partial charge < -0.3 is 20.0 Å². The first kappa shape index (κ1) is 18.8. The van der Waals surface area contributed by atoms with E-state index >= 15 is 0 Å². The number of hydrogen-bond donors (Lipinski definition) is 2. The Morgan fingerprint density at radius 2 is 2.15 bits per heavy atom. The van der Waals surface area contributed by atoms with Crippen LogP contribution in [0.25, 0.3) is 0 Å². The molecule has 0 radical (unpaired) electrons. The highest BCUT2D eigenvalue weighted by Crippen LogP contribution is 2.17. The average molecular weight is 361 g/mol. The molecule has 1 aromatic rings. The van der Waals surface area contributed by atoms with Gasteiger partial charge in [-0.05, 0) is 37.8 Å². The molecule has 0 aromatic carbocycles. The van der Waals surface area contributed by atoms with Gasteiger partial charge in [-0.1, -0.05) is 19.3 Å². The molecule has 1 saturated carbocycles. The highest BCUT2D eigenvalue weighted by atomic mass is 16.3. The van der Waals surface area contributed by atoms with E-state index in [-0.39, 0.29) is 0 Å². The predicted octanol–water partition coefficient (Wildman–Crippen LogP) is 2.70. The van der Waals surface area contributed by atoms with E-state index in [1.807, 2.05) is 17.0 Å². The topological polar surface area (TPSA) is 69.9 Å². The van der Waals surface area contributed by atoms with Gasteiger partial charge in [-0.15, -0.1) is 0 Å². The van der Waals surface area contributed by atoms with Crippen molar-refractivity contribution < 1.29 is 9.21 Å². The van der Waals surface area contributed by atoms with Crippen molar-refractivity contribution in [2.45, 2.75) is 63.8 Å². The number of rotatable bonds is 8. The number of amides is 1. The third-order valence-corrected chi connectivity index (χ3v) is 5.22. The van der Waals surface area contributed by atoms with Crippen LogP contribution in [-0.4, -0.2) is 49.0 Å². The van der Waals surface area contributed by atoms with Crippen molar-refractivity contribution in [3.63, 3.8) is 0 Å². The molecule has 0 atom stereocenters. The molecule has 6 heteroatoms. The van der Waals surface area contributed by atoms with E-state index in [1.54, 1.807) is 6.26 Å². The van der Waals surface area contributed by atoms with Crippen molar-refractivity contribution in [1.82, 2.24) is 15.5 Å². The summed E-state index contributed by atoms with van der Waals surface area (Å²) in [6.07, 6.45) is 11.6. The summed E-state index contributed by atoms with van der Waals surface area (Å²) in [5.41, 5.74) is 0. The fraction of sp³-hybridized carbons (Fsp3) is 0.700. The van der Waals surface area contributed by atoms with Crippen LogP contribution in [0.2, 0.25) is 0 Å². The quantitative estimate of drug-likeness (QED) is 0.425. The fourth-order valence-corrected chi connectivity index (χ4v) is 3.74. The molecule has 1 amide bonds. The number of likely N-dealkylation sites (tertiary alicyclic amines) is 1. The third kappa shape index (κ3) is 6.07. The van der Waals surface area contributed by atoms with Crippen molar-refractivity contribution in [2.24, 2.45) is 4.99 Å². The average Bonchev–Trinajstić information content (AvgIpc) is 3.31. The van der Waals surface area contributed by atoms with Gasteiger partial charge in [-0.2, -0.15) is 0 Å². The summed E-state index contributed by atoms with van der Waals surface area (Å²) in [4.78, 5) is 18.4. The minimum atomic E-state index is 0.297. The second-order valence-corrected chi connectivity index (χ2v) is 7.30. The smallest absolute Gasteiger partial charge is 0.222 e. The van der Waals surface area contributed by atoms with Crippen LogP contribution in [0.3, 0.4) is 0 Å². The third-order valence-electron chi connectivity index (χ3n) is 5.22. The molecular weight excluding hydrogens is 328 g/mol. The van der Waals surface area contributed by atoms with Gasteiger partial charge in [-0.25, -0.2) is 0 Å². The molecule has 1 aliphatic heterocycles. The number of carbonyl (C=O) groups excluding carboxylic acids is 1. The monoisotopic (exact) mass is 360 g/mol. The van der Waals surface area contributed by atoms with Crippen LogP contribution < -0.4 is 10.6 Å². The van der Waals surface area contributed by atoms with E-state index in [9.17, 15) is 4.79 Å². The minimum Gasteiger partial charge on any atom is -0.469 e. The van der Waals surface area contributed by atoms with Gasteiger partial charge in [-0.3, -0.25) is 9.79 Å². The van der Waals surface area contributed by atoms with Crippen LogP contribution in [0.15, 0.2) is 27.8 Å². The minimum absolute atomic E-state index is 0.297. The zero-order valence-corrected chi connectivity index (χ0v) is 15.7. The van der Waals surface area contributed by atoms with Crippen molar-refractivity contribution in [3.05, 3.63) is 24.2 Å². The van der Waals surface area contributed by atoms with Crippen LogP contribution in [0, 0.1) is 0 Å². The maximum absolute atomic E-state index is 11.7. The summed E-state index contributed by atoms with van der Waals surface area (Å²) in [6, 6.07) is 4.45. The first-order valence-corrected chi connectivity index (χ1v) is 10.2. The standard InChI is InChI=1S/C20H32N4O2/c25-19-10-4-14-24(19)15-6-12-21-20(23-17-7-2-1-3-8-17)22-13-11-18-9-5-16-26-18/h5,9,16-17H,1-4,6-8,10-15H2,(H2,21,22,23). The summed E-state index contributed by atoms with van der Waals surface area (Å²) in [5.74, 6) is 2.18. The normalized spacial score (nSPS) is 19.2. The summed E-state index contributed by atoms with van der Waals surface area (Å²) in [5, 5.41) is 7.04. The van der Waals surface area contributed by atoms with E-state index in [1.165, 1.54) is 32.1 Å². The molecule has 6 nitrogen and oxygen atoms in total. The number of furan rings is 1. The molecule has 2 heterocycles. The molecule has 2 aliphatic rings. The Labute approximate surface area is 156 Å². The first-order valence-electron chi connectivity index (χ1n) is 10.2. The summed E-state index contributed by atoms with van der Waals surface area (Å²) >= 11 is 0. The molecule has 2 fully saturated rings. The van der Waals surface area contributed by atoms with Gasteiger partial charge in [0.15, 0.2) is 5.96 Å². The Morgan fingerprint density at radius 3 is 2.88 bits per heavy atom. The number of nitrogens with zero attached hydrogens (tertiary/aromatic N) is 2. The van der Waals surface area contributed by atoms with Crippen LogP contribution in [0.1, 0.15) is 57.1 Å². The van der Waals surface area contributed by atoms with Gasteiger partial charge in [0.05, 0.1) is 6.26 Å². The number of aliphatic imine (C=N–C) groups is 1. The van der Waals surface area contributed by atoms with Gasteiger partial charge in [0.25, 0.3) is 0 Å². The Kier molecular flexibility index (Phi) is 7.40. The largest absolute Gasteiger partial charge is 0.469 e. The summed E-state index contributed by atoms with van der Waals surface area (Å²) in [6.45, 7) is 3.28. The lowest BCUT2D eigenvalue weighted by Gasteiger charge is -2.25. The van der Waals surface area contributed by atoms with Crippen LogP contribution >= 0.6 is 0 Å². The molecule has 1 aromatic heterocycles. The molecule has 144 valence electrons. The Balaban J connectivity index is 1.44. The number of guanidine groups is 1. The molecule has 26 heavy (non-hydrogen) atoms. The van der Waals surface area contributed by atoms with E-state index in [0.29, 0.717) is 18.4 Å². The number of hydrogen-bond acceptors (Lipinski definition) is 3. The van der Waals surface area contributed by atoms with E-state index in [4.69, 9.17) is 9.41 Å². The van der Waals surface area contributed by atoms with Gasteiger partial charge in [0, 0.05) is 45.1 Å². The van der Waals surface area contributed by atoms with E-state index in [0.717, 1.165) is 57.2 Å². The molecular formula is C20H32N4O2. The van der Waals surface area contributed by atoms with Gasteiger partial charge in [0.2, 0.25) is 5.91 Å². The molecule has 1 saturated heterocycles. The lowest BCUT2D eigenvalue weighted by Crippen LogP contribution is -2.45. The summed E-state index contributed by atoms with van der Waals surface area (Å²) < 4.78 is 5.39. The maximum atomic E-state index is 11.7. The van der Waals surface area contributed by atoms with Crippen molar-refractivity contribution >= 4 is 11.9 Å². The SMILES string of the molecule is O=C1CCCN1CCCN=C(NCCc1ccco1)NC1CCCCC1. The van der Waals surface area contributed by atoms with Crippen LogP contribution in [0.5, 0.6) is 0 Å². The molecule has 0 unspecified atom stereocenters. The molecule has 0 spiro atoms. The van der Waals surface area contributed by atoms with Crippen molar-refractivity contribution in [1.29, 1.82) is 0 Å². The first-order chi connectivity index (χ1) is 12.8. The van der Waals surface area contributed by atoms with Crippen molar-refractivity contribution in [3.8, 4) is 0 Å². The molecule has 2 N–H and O–H groups in total. The number of nitrogens with one attached hydrogen (secondary N) is 2. The highest BCUT2D eigenvalue weighted by Gasteiger charge is 2.19. The zero-order valence-electron chi connectivity index (χ0n) is 15.7. The Hall–Kier alpha value is -1.98. The Bertz CT molecular complexity index is 564. The molecule has 3 rings (SSSR count). The van der Waals surface area contributed by atoms with Gasteiger partial charge >= 0.3 is 0 Å². The van der Waals surface area contributed by atoms with Crippen LogP contribution in [0.4, 0.5) is 0 Å². The second-order valence-electron chi connectivity index (χ2n) is 7.30. The predicted molar refractivity (Wildman–Crippen MR) is 103 cm³/mol. The molecule has 0 bridgehead atoms. The molecule has 1 aliphatic carbocycles. The van der Waals surface area contributed by atoms with Crippen LogP contribution in [-0.2, 0) is 11.2 Å². The summed E-state index contributed by atoms with van der Waals surface area (Å²) in [7, 11) is 0. The highest BCUT2D eigenvalue weighted by molar-refractivity contribution is 5.80.